The first kappa shape index (κ1) is 16.7. The highest BCUT2D eigenvalue weighted by atomic mass is 32.1. The number of nitrogens with one attached hydrogen (secondary N) is 1. The van der Waals surface area contributed by atoms with Crippen LogP contribution >= 0.6 is 11.3 Å². The number of fused-ring (bicyclic) bond motifs is 1. The molecule has 128 valence electrons. The number of anilines is 2. The van der Waals surface area contributed by atoms with Crippen LogP contribution in [0.1, 0.15) is 34.3 Å². The summed E-state index contributed by atoms with van der Waals surface area (Å²) in [6, 6.07) is 5.10. The van der Waals surface area contributed by atoms with Crippen molar-refractivity contribution in [1.82, 2.24) is 9.88 Å². The van der Waals surface area contributed by atoms with Crippen LogP contribution in [0.5, 0.6) is 5.75 Å². The van der Waals surface area contributed by atoms with Crippen LogP contribution in [0.4, 0.5) is 10.8 Å². The van der Waals surface area contributed by atoms with E-state index in [0.29, 0.717) is 28.7 Å². The number of aromatic nitrogens is 1. The van der Waals surface area contributed by atoms with Crippen LogP contribution in [-0.4, -0.2) is 36.0 Å². The Kier molecular flexibility index (Phi) is 5.01. The van der Waals surface area contributed by atoms with Crippen molar-refractivity contribution < 1.29 is 9.53 Å². The zero-order chi connectivity index (χ0) is 17.1. The van der Waals surface area contributed by atoms with Gasteiger partial charge in [0.05, 0.1) is 18.0 Å². The highest BCUT2D eigenvalue weighted by molar-refractivity contribution is 7.15. The lowest BCUT2D eigenvalue weighted by molar-refractivity contribution is 0.102. The molecule has 3 rings (SSSR count). The average Bonchev–Trinajstić information content (AvgIpc) is 2.94. The van der Waals surface area contributed by atoms with Crippen LogP contribution in [0.25, 0.3) is 0 Å². The Morgan fingerprint density at radius 1 is 1.50 bits per heavy atom. The van der Waals surface area contributed by atoms with Crippen molar-refractivity contribution in [1.29, 1.82) is 0 Å². The van der Waals surface area contributed by atoms with Crippen LogP contribution in [0, 0.1) is 0 Å². The molecule has 1 aliphatic heterocycles. The molecule has 6 nitrogen and oxygen atoms in total. The summed E-state index contributed by atoms with van der Waals surface area (Å²) in [6.07, 6.45) is 1.83. The lowest BCUT2D eigenvalue weighted by atomic mass is 10.2. The molecular weight excluding hydrogens is 324 g/mol. The molecule has 0 unspecified atom stereocenters. The largest absolute Gasteiger partial charge is 0.491 e. The molecule has 7 heteroatoms. The highest BCUT2D eigenvalue weighted by Crippen LogP contribution is 2.28. The monoisotopic (exact) mass is 346 g/mol. The quantitative estimate of drug-likeness (QED) is 0.814. The highest BCUT2D eigenvalue weighted by Gasteiger charge is 2.19. The Morgan fingerprint density at radius 2 is 2.33 bits per heavy atom. The van der Waals surface area contributed by atoms with E-state index in [2.05, 4.69) is 22.2 Å². The molecule has 0 fully saturated rings. The van der Waals surface area contributed by atoms with Gasteiger partial charge in [-0.05, 0) is 31.7 Å². The summed E-state index contributed by atoms with van der Waals surface area (Å²) in [5.74, 6) is 0.407. The first-order chi connectivity index (χ1) is 11.6. The van der Waals surface area contributed by atoms with Crippen LogP contribution in [0.15, 0.2) is 18.2 Å². The second-order valence-corrected chi connectivity index (χ2v) is 7.02. The molecule has 0 aliphatic carbocycles. The molecule has 0 radical (unpaired) electrons. The molecule has 0 atom stereocenters. The van der Waals surface area contributed by atoms with Gasteiger partial charge in [-0.2, -0.15) is 0 Å². The van der Waals surface area contributed by atoms with Crippen LogP contribution in [0.2, 0.25) is 0 Å². The lowest BCUT2D eigenvalue weighted by Gasteiger charge is -2.20. The van der Waals surface area contributed by atoms with E-state index in [-0.39, 0.29) is 5.91 Å². The van der Waals surface area contributed by atoms with E-state index in [9.17, 15) is 4.79 Å². The first-order valence-electron chi connectivity index (χ1n) is 8.07. The Labute approximate surface area is 145 Å². The minimum atomic E-state index is -0.205. The van der Waals surface area contributed by atoms with Crippen molar-refractivity contribution in [2.45, 2.75) is 26.3 Å². The maximum absolute atomic E-state index is 12.4. The molecule has 0 saturated heterocycles. The lowest BCUT2D eigenvalue weighted by Crippen LogP contribution is -2.25. The maximum atomic E-state index is 12.4. The third-order valence-corrected chi connectivity index (χ3v) is 4.87. The molecule has 0 saturated carbocycles. The number of rotatable bonds is 5. The fourth-order valence-electron chi connectivity index (χ4n) is 2.58. The van der Waals surface area contributed by atoms with Crippen molar-refractivity contribution in [2.75, 3.05) is 31.2 Å². The zero-order valence-electron chi connectivity index (χ0n) is 14.0. The van der Waals surface area contributed by atoms with Crippen molar-refractivity contribution in [3.63, 3.8) is 0 Å². The van der Waals surface area contributed by atoms with Gasteiger partial charge in [0.15, 0.2) is 5.13 Å². The summed E-state index contributed by atoms with van der Waals surface area (Å²) in [7, 11) is 2.09. The molecule has 0 spiro atoms. The summed E-state index contributed by atoms with van der Waals surface area (Å²) in [5.41, 5.74) is 8.03. The van der Waals surface area contributed by atoms with Gasteiger partial charge in [-0.15, -0.1) is 11.3 Å². The van der Waals surface area contributed by atoms with Crippen molar-refractivity contribution in [3.05, 3.63) is 34.3 Å². The fraction of sp³-hybridized carbons (Fsp3) is 0.412. The summed E-state index contributed by atoms with van der Waals surface area (Å²) < 4.78 is 5.53. The number of likely N-dealkylation sites (N-methyl/N-ethyl adjacent to an activating group) is 1. The Hall–Kier alpha value is -2.12. The van der Waals surface area contributed by atoms with E-state index < -0.39 is 0 Å². The van der Waals surface area contributed by atoms with E-state index in [1.54, 1.807) is 18.2 Å². The SMILES string of the molecule is CCCOc1ccc(C(=O)Nc2nc3c(s2)CN(C)CC3)cc1N. The number of carbonyl (C=O) groups is 1. The summed E-state index contributed by atoms with van der Waals surface area (Å²) in [4.78, 5) is 20.4. The fourth-order valence-corrected chi connectivity index (χ4v) is 3.66. The van der Waals surface area contributed by atoms with E-state index in [4.69, 9.17) is 10.5 Å². The third-order valence-electron chi connectivity index (χ3n) is 3.88. The minimum absolute atomic E-state index is 0.205. The van der Waals surface area contributed by atoms with Gasteiger partial charge in [-0.3, -0.25) is 10.1 Å². The molecular formula is C17H22N4O2S. The first-order valence-corrected chi connectivity index (χ1v) is 8.89. The number of ether oxygens (including phenoxy) is 1. The molecule has 2 heterocycles. The molecule has 1 amide bonds. The van der Waals surface area contributed by atoms with Gasteiger partial charge in [0, 0.05) is 30.0 Å². The van der Waals surface area contributed by atoms with E-state index in [1.807, 2.05) is 6.92 Å². The molecule has 0 bridgehead atoms. The standard InChI is InChI=1S/C17H22N4O2S/c1-3-8-23-14-5-4-11(9-12(14)18)16(22)20-17-19-13-6-7-21(2)10-15(13)24-17/h4-5,9H,3,6-8,10,18H2,1-2H3,(H,19,20,22). The minimum Gasteiger partial charge on any atom is -0.491 e. The van der Waals surface area contributed by atoms with Crippen molar-refractivity contribution in [3.8, 4) is 5.75 Å². The number of carbonyl (C=O) groups excluding carboxylic acids is 1. The predicted molar refractivity (Wildman–Crippen MR) is 96.7 cm³/mol. The Bertz CT molecular complexity index is 744. The van der Waals surface area contributed by atoms with Gasteiger partial charge in [-0.1, -0.05) is 6.92 Å². The van der Waals surface area contributed by atoms with E-state index in [0.717, 1.165) is 31.6 Å². The third kappa shape index (κ3) is 3.68. The van der Waals surface area contributed by atoms with Crippen molar-refractivity contribution in [2.24, 2.45) is 0 Å². The normalized spacial score (nSPS) is 14.2. The van der Waals surface area contributed by atoms with Crippen LogP contribution < -0.4 is 15.8 Å². The summed E-state index contributed by atoms with van der Waals surface area (Å²) in [5, 5.41) is 3.52. The second-order valence-electron chi connectivity index (χ2n) is 5.93. The maximum Gasteiger partial charge on any atom is 0.257 e. The number of thiazole rings is 1. The number of nitrogens with two attached hydrogens (primary N) is 1. The van der Waals surface area contributed by atoms with Crippen LogP contribution in [-0.2, 0) is 13.0 Å². The predicted octanol–water partition coefficient (Wildman–Crippen LogP) is 2.75. The average molecular weight is 346 g/mol. The van der Waals surface area contributed by atoms with Gasteiger partial charge in [0.25, 0.3) is 5.91 Å². The number of nitrogen functional groups attached to an aromatic ring is 1. The van der Waals surface area contributed by atoms with Crippen molar-refractivity contribution >= 4 is 28.1 Å². The number of hydrogen-bond acceptors (Lipinski definition) is 6. The number of hydrogen-bond donors (Lipinski definition) is 2. The smallest absolute Gasteiger partial charge is 0.257 e. The molecule has 3 N–H and O–H groups in total. The zero-order valence-corrected chi connectivity index (χ0v) is 14.8. The number of amides is 1. The van der Waals surface area contributed by atoms with Gasteiger partial charge in [0.2, 0.25) is 0 Å². The molecule has 24 heavy (non-hydrogen) atoms. The van der Waals surface area contributed by atoms with Crippen LogP contribution in [0.3, 0.4) is 0 Å². The second kappa shape index (κ2) is 7.19. The number of nitrogens with zero attached hydrogens (tertiary/aromatic N) is 2. The number of benzene rings is 1. The molecule has 1 aromatic carbocycles. The molecule has 1 aromatic heterocycles. The Balaban J connectivity index is 1.70. The summed E-state index contributed by atoms with van der Waals surface area (Å²) >= 11 is 1.54. The van der Waals surface area contributed by atoms with E-state index >= 15 is 0 Å². The molecule has 2 aromatic rings. The van der Waals surface area contributed by atoms with Gasteiger partial charge in [0.1, 0.15) is 5.75 Å². The summed E-state index contributed by atoms with van der Waals surface area (Å²) in [6.45, 7) is 4.53. The Morgan fingerprint density at radius 3 is 3.08 bits per heavy atom. The van der Waals surface area contributed by atoms with Gasteiger partial charge >= 0.3 is 0 Å². The van der Waals surface area contributed by atoms with Gasteiger partial charge < -0.3 is 15.4 Å². The molecule has 1 aliphatic rings. The van der Waals surface area contributed by atoms with Gasteiger partial charge in [-0.25, -0.2) is 4.98 Å². The van der Waals surface area contributed by atoms with E-state index in [1.165, 1.54) is 16.2 Å². The topological polar surface area (TPSA) is 80.5 Å².